The SMILES string of the molecule is CC1CCCCC1N=Cc1cc(-c2ccccc2)cc(C2CCCCCCCCCCC2)c1O.[Cl][Zr][Cl]. The van der Waals surface area contributed by atoms with E-state index in [2.05, 4.69) is 49.4 Å². The second kappa shape index (κ2) is 17.9. The first-order valence-electron chi connectivity index (χ1n) is 14.6. The molecule has 37 heavy (non-hydrogen) atoms. The molecule has 2 aromatic rings. The average molecular weight is 622 g/mol. The van der Waals surface area contributed by atoms with E-state index in [0.29, 0.717) is 23.6 Å². The van der Waals surface area contributed by atoms with Gasteiger partial charge in [-0.2, -0.15) is 0 Å². The van der Waals surface area contributed by atoms with E-state index in [-0.39, 0.29) is 0 Å². The Morgan fingerprint density at radius 2 is 1.30 bits per heavy atom. The van der Waals surface area contributed by atoms with Gasteiger partial charge in [0.05, 0.1) is 6.04 Å². The van der Waals surface area contributed by atoms with E-state index in [1.807, 2.05) is 6.21 Å². The predicted octanol–water partition coefficient (Wildman–Crippen LogP) is 10.8. The van der Waals surface area contributed by atoms with E-state index in [4.69, 9.17) is 22.0 Å². The zero-order chi connectivity index (χ0) is 26.3. The maximum absolute atomic E-state index is 11.5. The molecule has 2 aromatic carbocycles. The van der Waals surface area contributed by atoms with Crippen LogP contribution in [0.4, 0.5) is 0 Å². The number of phenols is 1. The quantitative estimate of drug-likeness (QED) is 0.339. The summed E-state index contributed by atoms with van der Waals surface area (Å²) in [6.07, 6.45) is 21.5. The van der Waals surface area contributed by atoms with Crippen LogP contribution in [0.1, 0.15) is 120 Å². The minimum absolute atomic E-state index is 0.387. The summed E-state index contributed by atoms with van der Waals surface area (Å²) < 4.78 is 0. The van der Waals surface area contributed by atoms with Crippen LogP contribution in [0.15, 0.2) is 47.5 Å². The molecule has 2 atom stereocenters. The summed E-state index contributed by atoms with van der Waals surface area (Å²) in [5.41, 5.74) is 4.48. The van der Waals surface area contributed by atoms with Crippen LogP contribution in [-0.2, 0) is 20.8 Å². The summed E-state index contributed by atoms with van der Waals surface area (Å²) in [5.74, 6) is 1.54. The summed E-state index contributed by atoms with van der Waals surface area (Å²) in [4.78, 5) is 5.02. The summed E-state index contributed by atoms with van der Waals surface area (Å²) >= 11 is -0.826. The van der Waals surface area contributed by atoms with Crippen LogP contribution in [0.2, 0.25) is 0 Å². The number of benzene rings is 2. The molecule has 2 aliphatic rings. The van der Waals surface area contributed by atoms with Crippen molar-refractivity contribution < 1.29 is 26.0 Å². The van der Waals surface area contributed by atoms with E-state index < -0.39 is 20.8 Å². The molecular formula is C32H45Cl2NOZr. The third-order valence-corrected chi connectivity index (χ3v) is 8.29. The van der Waals surface area contributed by atoms with Gasteiger partial charge in [0.25, 0.3) is 0 Å². The normalized spacial score (nSPS) is 22.4. The van der Waals surface area contributed by atoms with Crippen molar-refractivity contribution in [3.05, 3.63) is 53.6 Å². The molecule has 2 nitrogen and oxygen atoms in total. The molecule has 4 rings (SSSR count). The zero-order valence-corrected chi connectivity index (χ0v) is 26.6. The second-order valence-electron chi connectivity index (χ2n) is 11.0. The molecule has 0 bridgehead atoms. The molecule has 0 saturated heterocycles. The van der Waals surface area contributed by atoms with Crippen molar-refractivity contribution in [2.45, 2.75) is 115 Å². The molecule has 0 aromatic heterocycles. The molecule has 2 saturated carbocycles. The molecule has 2 unspecified atom stereocenters. The van der Waals surface area contributed by atoms with Gasteiger partial charge < -0.3 is 5.11 Å². The Labute approximate surface area is 244 Å². The van der Waals surface area contributed by atoms with Crippen LogP contribution >= 0.6 is 17.0 Å². The number of hydrogen-bond donors (Lipinski definition) is 1. The first-order chi connectivity index (χ1) is 18.1. The number of hydrogen-bond acceptors (Lipinski definition) is 2. The van der Waals surface area contributed by atoms with Gasteiger partial charge in [0.1, 0.15) is 5.75 Å². The van der Waals surface area contributed by atoms with Crippen LogP contribution in [0, 0.1) is 5.92 Å². The van der Waals surface area contributed by atoms with Gasteiger partial charge in [-0.05, 0) is 66.3 Å². The first-order valence-corrected chi connectivity index (χ1v) is 20.9. The van der Waals surface area contributed by atoms with Crippen LogP contribution in [0.25, 0.3) is 11.1 Å². The molecule has 202 valence electrons. The molecule has 0 heterocycles. The third kappa shape index (κ3) is 10.5. The fourth-order valence-corrected chi connectivity index (χ4v) is 6.06. The van der Waals surface area contributed by atoms with Crippen molar-refractivity contribution in [2.75, 3.05) is 0 Å². The van der Waals surface area contributed by atoms with Gasteiger partial charge in [-0.25, -0.2) is 0 Å². The van der Waals surface area contributed by atoms with Crippen LogP contribution in [0.3, 0.4) is 0 Å². The van der Waals surface area contributed by atoms with Gasteiger partial charge in [0.2, 0.25) is 0 Å². The van der Waals surface area contributed by atoms with Crippen molar-refractivity contribution in [3.63, 3.8) is 0 Å². The van der Waals surface area contributed by atoms with Crippen LogP contribution < -0.4 is 0 Å². The number of aliphatic imine (C=N–C) groups is 1. The van der Waals surface area contributed by atoms with Gasteiger partial charge in [-0.1, -0.05) is 108 Å². The number of nitrogens with zero attached hydrogens (tertiary/aromatic N) is 1. The van der Waals surface area contributed by atoms with Gasteiger partial charge in [-0.3, -0.25) is 4.99 Å². The van der Waals surface area contributed by atoms with Gasteiger partial charge in [-0.15, -0.1) is 0 Å². The van der Waals surface area contributed by atoms with E-state index in [9.17, 15) is 5.11 Å². The summed E-state index contributed by atoms with van der Waals surface area (Å²) in [7, 11) is 9.87. The molecule has 2 fully saturated rings. The number of aromatic hydroxyl groups is 1. The number of phenolic OH excluding ortho intramolecular Hbond substituents is 1. The van der Waals surface area contributed by atoms with Crippen molar-refractivity contribution in [3.8, 4) is 16.9 Å². The molecule has 0 radical (unpaired) electrons. The molecule has 0 aliphatic heterocycles. The maximum atomic E-state index is 11.5. The van der Waals surface area contributed by atoms with Crippen LogP contribution in [0.5, 0.6) is 5.75 Å². The van der Waals surface area contributed by atoms with E-state index in [1.165, 1.54) is 107 Å². The zero-order valence-electron chi connectivity index (χ0n) is 22.6. The van der Waals surface area contributed by atoms with Crippen molar-refractivity contribution in [1.82, 2.24) is 0 Å². The summed E-state index contributed by atoms with van der Waals surface area (Å²) in [6.45, 7) is 2.33. The van der Waals surface area contributed by atoms with Gasteiger partial charge in [0, 0.05) is 11.8 Å². The number of halogens is 2. The van der Waals surface area contributed by atoms with Crippen molar-refractivity contribution in [1.29, 1.82) is 0 Å². The molecule has 0 amide bonds. The standard InChI is InChI=1S/C32H45NO.2ClH.Zr/c1-25-16-14-15-21-31(25)33-24-29-22-28(26-17-12-9-13-18-26)23-30(32(29)34)27-19-10-7-5-3-2-4-6-8-11-20-27;;;/h9,12-13,17-18,22-25,27,31,34H,2-8,10-11,14-16,19-21H2,1H3;2*1H;/q;;;+2/p-2. The van der Waals surface area contributed by atoms with Crippen molar-refractivity contribution in [2.24, 2.45) is 10.9 Å². The monoisotopic (exact) mass is 619 g/mol. The van der Waals surface area contributed by atoms with E-state index in [1.54, 1.807) is 0 Å². The molecule has 2 aliphatic carbocycles. The third-order valence-electron chi connectivity index (χ3n) is 8.29. The Bertz CT molecular complexity index is 924. The Kier molecular flexibility index (Phi) is 14.9. The molecule has 1 N–H and O–H groups in total. The Balaban J connectivity index is 0.00000121. The van der Waals surface area contributed by atoms with Gasteiger partial charge in [0.15, 0.2) is 0 Å². The molecule has 5 heteroatoms. The van der Waals surface area contributed by atoms with Crippen molar-refractivity contribution >= 4 is 23.2 Å². The topological polar surface area (TPSA) is 32.6 Å². The van der Waals surface area contributed by atoms with E-state index >= 15 is 0 Å². The molecule has 0 spiro atoms. The molecular weight excluding hydrogens is 576 g/mol. The first kappa shape index (κ1) is 30.9. The minimum atomic E-state index is -0.826. The number of rotatable bonds is 4. The predicted molar refractivity (Wildman–Crippen MR) is 158 cm³/mol. The van der Waals surface area contributed by atoms with Gasteiger partial charge >= 0.3 is 37.9 Å². The Morgan fingerprint density at radius 3 is 1.89 bits per heavy atom. The Morgan fingerprint density at radius 1 is 0.757 bits per heavy atom. The Hall–Kier alpha value is -0.627. The van der Waals surface area contributed by atoms with E-state index in [0.717, 1.165) is 11.1 Å². The van der Waals surface area contributed by atoms with Crippen LogP contribution in [-0.4, -0.2) is 17.4 Å². The summed E-state index contributed by atoms with van der Waals surface area (Å²) in [5, 5.41) is 11.5. The average Bonchev–Trinajstić information content (AvgIpc) is 2.90. The fourth-order valence-electron chi connectivity index (χ4n) is 6.06. The second-order valence-corrected chi connectivity index (χ2v) is 14.7. The summed E-state index contributed by atoms with van der Waals surface area (Å²) in [6, 6.07) is 15.5. The fraction of sp³-hybridized carbons (Fsp3) is 0.594.